The van der Waals surface area contributed by atoms with E-state index in [0.717, 1.165) is 24.9 Å². The Bertz CT molecular complexity index is 880. The van der Waals surface area contributed by atoms with Gasteiger partial charge in [-0.1, -0.05) is 36.4 Å². The van der Waals surface area contributed by atoms with Crippen molar-refractivity contribution in [3.63, 3.8) is 0 Å². The topological polar surface area (TPSA) is 23.6 Å². The Balaban J connectivity index is 1.44. The summed E-state index contributed by atoms with van der Waals surface area (Å²) in [4.78, 5) is 18.0. The van der Waals surface area contributed by atoms with Crippen LogP contribution < -0.4 is 0 Å². The molecule has 0 unspecified atom stereocenters. The minimum atomic E-state index is -0.240. The molecule has 0 saturated carbocycles. The van der Waals surface area contributed by atoms with Gasteiger partial charge >= 0.3 is 0 Å². The third kappa shape index (κ3) is 2.95. The molecule has 0 spiro atoms. The minimum Gasteiger partial charge on any atom is -0.331 e. The fraction of sp³-hybridized carbons (Fsp3) is 0.458. The molecule has 3 heterocycles. The average Bonchev–Trinajstić information content (AvgIpc) is 3.21. The Morgan fingerprint density at radius 1 is 1.11 bits per heavy atom. The molecule has 2 aromatic carbocycles. The van der Waals surface area contributed by atoms with E-state index in [0.29, 0.717) is 24.4 Å². The fourth-order valence-electron chi connectivity index (χ4n) is 5.80. The maximum Gasteiger partial charge on any atom is 0.223 e. The van der Waals surface area contributed by atoms with Gasteiger partial charge in [-0.3, -0.25) is 4.79 Å². The van der Waals surface area contributed by atoms with Crippen LogP contribution in [0.25, 0.3) is 0 Å². The van der Waals surface area contributed by atoms with Crippen molar-refractivity contribution in [3.8, 4) is 0 Å². The first-order valence-corrected chi connectivity index (χ1v) is 10.5. The predicted octanol–water partition coefficient (Wildman–Crippen LogP) is 4.17. The first-order valence-electron chi connectivity index (χ1n) is 10.5. The van der Waals surface area contributed by atoms with Gasteiger partial charge in [0.15, 0.2) is 0 Å². The quantitative estimate of drug-likeness (QED) is 0.800. The molecule has 0 N–H and O–H groups in total. The lowest BCUT2D eigenvalue weighted by molar-refractivity contribution is -0.134. The van der Waals surface area contributed by atoms with Crippen LogP contribution in [0, 0.1) is 11.7 Å². The molecular weight excluding hydrogens is 351 g/mol. The Hall–Kier alpha value is -2.20. The summed E-state index contributed by atoms with van der Waals surface area (Å²) >= 11 is 0. The van der Waals surface area contributed by atoms with E-state index in [1.807, 2.05) is 23.1 Å². The second-order valence-electron chi connectivity index (χ2n) is 8.65. The molecule has 4 atom stereocenters. The normalized spacial score (nSPS) is 29.1. The molecule has 1 amide bonds. The maximum atomic E-state index is 13.5. The lowest BCUT2D eigenvalue weighted by atomic mass is 9.84. The number of nitrogens with zero attached hydrogens (tertiary/aromatic N) is 2. The maximum absolute atomic E-state index is 13.5. The van der Waals surface area contributed by atoms with Crippen molar-refractivity contribution in [2.24, 2.45) is 5.92 Å². The van der Waals surface area contributed by atoms with Gasteiger partial charge in [-0.15, -0.1) is 0 Å². The Kier molecular flexibility index (Phi) is 4.47. The van der Waals surface area contributed by atoms with Crippen molar-refractivity contribution < 1.29 is 9.18 Å². The lowest BCUT2D eigenvalue weighted by Crippen LogP contribution is -2.42. The predicted molar refractivity (Wildman–Crippen MR) is 107 cm³/mol. The molecule has 146 valence electrons. The first kappa shape index (κ1) is 17.9. The van der Waals surface area contributed by atoms with E-state index in [1.165, 1.54) is 36.1 Å². The molecule has 3 aliphatic heterocycles. The lowest BCUT2D eigenvalue weighted by Gasteiger charge is -2.38. The van der Waals surface area contributed by atoms with Gasteiger partial charge in [0.1, 0.15) is 5.82 Å². The SMILES string of the molecule is CN1[C@H]2CC[C@@H]1[C@@H](CC(=O)N1CCc3ccccc3[C@@H]1c1ccc(F)cc1)C2. The summed E-state index contributed by atoms with van der Waals surface area (Å²) in [6, 6.07) is 16.1. The van der Waals surface area contributed by atoms with Gasteiger partial charge in [-0.05, 0) is 67.5 Å². The monoisotopic (exact) mass is 378 g/mol. The van der Waals surface area contributed by atoms with Gasteiger partial charge in [0.05, 0.1) is 6.04 Å². The highest BCUT2D eigenvalue weighted by Gasteiger charge is 2.45. The average molecular weight is 378 g/mol. The molecule has 28 heavy (non-hydrogen) atoms. The summed E-state index contributed by atoms with van der Waals surface area (Å²) in [5, 5.41) is 0. The number of halogens is 1. The highest BCUT2D eigenvalue weighted by atomic mass is 19.1. The van der Waals surface area contributed by atoms with E-state index in [1.54, 1.807) is 0 Å². The zero-order chi connectivity index (χ0) is 19.3. The van der Waals surface area contributed by atoms with Crippen LogP contribution in [0.2, 0.25) is 0 Å². The van der Waals surface area contributed by atoms with E-state index >= 15 is 0 Å². The highest BCUT2D eigenvalue weighted by Crippen LogP contribution is 2.43. The van der Waals surface area contributed by atoms with Crippen LogP contribution in [0.1, 0.15) is 48.4 Å². The van der Waals surface area contributed by atoms with Gasteiger partial charge in [0.2, 0.25) is 5.91 Å². The van der Waals surface area contributed by atoms with Crippen LogP contribution in [0.3, 0.4) is 0 Å². The van der Waals surface area contributed by atoms with E-state index in [2.05, 4.69) is 30.1 Å². The van der Waals surface area contributed by atoms with E-state index in [9.17, 15) is 9.18 Å². The number of hydrogen-bond acceptors (Lipinski definition) is 2. The van der Waals surface area contributed by atoms with Gasteiger partial charge in [0, 0.05) is 25.0 Å². The molecule has 2 aromatic rings. The van der Waals surface area contributed by atoms with Gasteiger partial charge < -0.3 is 9.80 Å². The molecule has 0 aromatic heterocycles. The number of carbonyl (C=O) groups excluding carboxylic acids is 1. The van der Waals surface area contributed by atoms with Crippen molar-refractivity contribution >= 4 is 5.91 Å². The summed E-state index contributed by atoms with van der Waals surface area (Å²) in [6.07, 6.45) is 5.17. The molecule has 4 heteroatoms. The third-order valence-corrected chi connectivity index (χ3v) is 7.24. The van der Waals surface area contributed by atoms with Crippen LogP contribution in [-0.4, -0.2) is 41.4 Å². The standard InChI is InChI=1S/C24H27FN2O/c1-26-20-10-11-22(26)18(14-20)15-23(28)27-13-12-16-4-2-3-5-21(16)24(27)17-6-8-19(25)9-7-17/h2-9,18,20,22,24H,10-15H2,1H3/t18-,20+,22-,24+/m1/s1. The molecule has 2 saturated heterocycles. The third-order valence-electron chi connectivity index (χ3n) is 7.24. The van der Waals surface area contributed by atoms with Crippen LogP contribution in [0.4, 0.5) is 4.39 Å². The smallest absolute Gasteiger partial charge is 0.223 e. The van der Waals surface area contributed by atoms with Crippen molar-refractivity contribution in [2.75, 3.05) is 13.6 Å². The van der Waals surface area contributed by atoms with Crippen LogP contribution >= 0.6 is 0 Å². The molecule has 3 nitrogen and oxygen atoms in total. The van der Waals surface area contributed by atoms with Gasteiger partial charge in [0.25, 0.3) is 0 Å². The van der Waals surface area contributed by atoms with Crippen LogP contribution in [0.5, 0.6) is 0 Å². The molecule has 0 radical (unpaired) electrons. The fourth-order valence-corrected chi connectivity index (χ4v) is 5.80. The number of carbonyl (C=O) groups is 1. The number of benzene rings is 2. The summed E-state index contributed by atoms with van der Waals surface area (Å²) < 4.78 is 13.5. The molecular formula is C24H27FN2O. The van der Waals surface area contributed by atoms with E-state index in [4.69, 9.17) is 0 Å². The van der Waals surface area contributed by atoms with Crippen LogP contribution in [-0.2, 0) is 11.2 Å². The van der Waals surface area contributed by atoms with Gasteiger partial charge in [-0.25, -0.2) is 4.39 Å². The molecule has 2 bridgehead atoms. The highest BCUT2D eigenvalue weighted by molar-refractivity contribution is 5.78. The summed E-state index contributed by atoms with van der Waals surface area (Å²) in [6.45, 7) is 0.731. The second kappa shape index (κ2) is 7.00. The largest absolute Gasteiger partial charge is 0.331 e. The summed E-state index contributed by atoms with van der Waals surface area (Å²) in [5.74, 6) is 0.479. The van der Waals surface area contributed by atoms with E-state index in [-0.39, 0.29) is 17.8 Å². The van der Waals surface area contributed by atoms with E-state index < -0.39 is 0 Å². The zero-order valence-corrected chi connectivity index (χ0v) is 16.4. The Morgan fingerprint density at radius 2 is 1.89 bits per heavy atom. The number of amides is 1. The summed E-state index contributed by atoms with van der Waals surface area (Å²) in [7, 11) is 2.21. The minimum absolute atomic E-state index is 0.116. The number of rotatable bonds is 3. The first-order chi connectivity index (χ1) is 13.6. The number of hydrogen-bond donors (Lipinski definition) is 0. The van der Waals surface area contributed by atoms with Crippen molar-refractivity contribution in [1.82, 2.24) is 9.80 Å². The molecule has 2 fully saturated rings. The molecule has 5 rings (SSSR count). The zero-order valence-electron chi connectivity index (χ0n) is 16.4. The van der Waals surface area contributed by atoms with Crippen molar-refractivity contribution in [3.05, 3.63) is 71.0 Å². The number of fused-ring (bicyclic) bond motifs is 3. The van der Waals surface area contributed by atoms with Crippen molar-refractivity contribution in [2.45, 2.75) is 50.2 Å². The Morgan fingerprint density at radius 3 is 2.61 bits per heavy atom. The molecule has 0 aliphatic carbocycles. The van der Waals surface area contributed by atoms with Crippen LogP contribution in [0.15, 0.2) is 48.5 Å². The van der Waals surface area contributed by atoms with Gasteiger partial charge in [-0.2, -0.15) is 0 Å². The Labute approximate surface area is 166 Å². The molecule has 3 aliphatic rings. The van der Waals surface area contributed by atoms with Crippen molar-refractivity contribution in [1.29, 1.82) is 0 Å². The summed E-state index contributed by atoms with van der Waals surface area (Å²) in [5.41, 5.74) is 3.46. The second-order valence-corrected chi connectivity index (χ2v) is 8.65.